The van der Waals surface area contributed by atoms with Gasteiger partial charge < -0.3 is 20.1 Å². The minimum absolute atomic E-state index is 0.141. The number of halogens is 4. The van der Waals surface area contributed by atoms with Crippen LogP contribution in [0.1, 0.15) is 30.4 Å². The van der Waals surface area contributed by atoms with E-state index in [-0.39, 0.29) is 48.2 Å². The molecule has 2 aliphatic heterocycles. The molecule has 2 saturated heterocycles. The summed E-state index contributed by atoms with van der Waals surface area (Å²) in [6.07, 6.45) is -0.722. The Morgan fingerprint density at radius 3 is 2.70 bits per heavy atom. The third kappa shape index (κ3) is 7.04. The van der Waals surface area contributed by atoms with Gasteiger partial charge in [0.15, 0.2) is 0 Å². The second-order valence-corrected chi connectivity index (χ2v) is 10.1. The number of nitrogens with zero attached hydrogens (tertiary/aromatic N) is 3. The van der Waals surface area contributed by atoms with Crippen molar-refractivity contribution in [2.75, 3.05) is 38.2 Å². The molecule has 5 rings (SSSR count). The van der Waals surface area contributed by atoms with Gasteiger partial charge >= 0.3 is 6.18 Å². The number of fused-ring (bicyclic) bond motifs is 1. The molecule has 3 heterocycles. The van der Waals surface area contributed by atoms with Crippen LogP contribution >= 0.6 is 0 Å². The molecule has 12 heteroatoms. The van der Waals surface area contributed by atoms with E-state index in [9.17, 15) is 22.4 Å². The average molecular weight is 562 g/mol. The number of alkyl halides is 3. The van der Waals surface area contributed by atoms with E-state index in [1.54, 1.807) is 12.1 Å². The number of hydrogen-bond acceptors (Lipinski definition) is 7. The molecule has 2 N–H and O–H groups in total. The van der Waals surface area contributed by atoms with Crippen LogP contribution in [-0.2, 0) is 27.1 Å². The van der Waals surface area contributed by atoms with Gasteiger partial charge in [-0.3, -0.25) is 9.69 Å². The zero-order valence-corrected chi connectivity index (χ0v) is 21.8. The number of anilines is 1. The van der Waals surface area contributed by atoms with Gasteiger partial charge in [0.1, 0.15) is 18.0 Å². The molecule has 2 aromatic carbocycles. The lowest BCUT2D eigenvalue weighted by atomic mass is 10.1. The first-order chi connectivity index (χ1) is 19.3. The van der Waals surface area contributed by atoms with Gasteiger partial charge in [-0.1, -0.05) is 12.1 Å². The van der Waals surface area contributed by atoms with Crippen molar-refractivity contribution in [2.45, 2.75) is 50.2 Å². The molecule has 0 saturated carbocycles. The van der Waals surface area contributed by atoms with Crippen molar-refractivity contribution < 1.29 is 31.8 Å². The predicted octanol–water partition coefficient (Wildman–Crippen LogP) is 4.15. The number of nitrogens with one attached hydrogen (secondary N) is 2. The largest absolute Gasteiger partial charge is 0.416 e. The van der Waals surface area contributed by atoms with Crippen molar-refractivity contribution in [1.82, 2.24) is 20.2 Å². The van der Waals surface area contributed by atoms with Gasteiger partial charge in [-0.05, 0) is 55.2 Å². The fraction of sp³-hybridized carbons (Fsp3) is 0.464. The van der Waals surface area contributed by atoms with Crippen LogP contribution in [0.4, 0.5) is 23.4 Å². The molecule has 0 aliphatic carbocycles. The van der Waals surface area contributed by atoms with Gasteiger partial charge in [0.2, 0.25) is 5.91 Å². The number of hydrogen-bond donors (Lipinski definition) is 2. The van der Waals surface area contributed by atoms with Crippen LogP contribution in [0, 0.1) is 5.82 Å². The minimum atomic E-state index is -4.51. The first kappa shape index (κ1) is 28.2. The molecule has 0 bridgehead atoms. The molecule has 40 heavy (non-hydrogen) atoms. The summed E-state index contributed by atoms with van der Waals surface area (Å²) in [5.41, 5.74) is 0.334. The van der Waals surface area contributed by atoms with Crippen molar-refractivity contribution in [2.24, 2.45) is 0 Å². The Kier molecular flexibility index (Phi) is 8.77. The monoisotopic (exact) mass is 561 g/mol. The summed E-state index contributed by atoms with van der Waals surface area (Å²) in [6.45, 7) is 2.72. The van der Waals surface area contributed by atoms with Gasteiger partial charge in [-0.25, -0.2) is 14.4 Å². The summed E-state index contributed by atoms with van der Waals surface area (Å²) >= 11 is 0. The Balaban J connectivity index is 1.25. The number of carbonyl (C=O) groups is 1. The van der Waals surface area contributed by atoms with E-state index < -0.39 is 11.7 Å². The lowest BCUT2D eigenvalue weighted by Crippen LogP contribution is -2.46. The number of rotatable bonds is 8. The lowest BCUT2D eigenvalue weighted by Gasteiger charge is -2.26. The second kappa shape index (κ2) is 12.4. The highest BCUT2D eigenvalue weighted by atomic mass is 19.4. The number of aromatic nitrogens is 2. The maximum Gasteiger partial charge on any atom is 0.416 e. The molecule has 2 fully saturated rings. The van der Waals surface area contributed by atoms with E-state index in [4.69, 9.17) is 9.47 Å². The van der Waals surface area contributed by atoms with Crippen LogP contribution in [0.2, 0.25) is 0 Å². The zero-order valence-electron chi connectivity index (χ0n) is 21.8. The third-order valence-electron chi connectivity index (χ3n) is 7.34. The SMILES string of the molecule is O=C(CNc1ncnc2ccc(C(F)(F)F)cc12)NC1CN(C2CCCOCC2)C[C@@H]1OCc1ccc(F)cc1. The van der Waals surface area contributed by atoms with Gasteiger partial charge in [0, 0.05) is 37.7 Å². The topological polar surface area (TPSA) is 88.6 Å². The molecule has 0 radical (unpaired) electrons. The van der Waals surface area contributed by atoms with Crippen LogP contribution in [0.15, 0.2) is 48.8 Å². The Hall–Kier alpha value is -3.35. The van der Waals surface area contributed by atoms with Crippen molar-refractivity contribution in [3.63, 3.8) is 0 Å². The van der Waals surface area contributed by atoms with Crippen molar-refractivity contribution in [3.8, 4) is 0 Å². The summed E-state index contributed by atoms with van der Waals surface area (Å²) in [7, 11) is 0. The summed E-state index contributed by atoms with van der Waals surface area (Å²) in [5.74, 6) is -0.526. The highest BCUT2D eigenvalue weighted by Gasteiger charge is 2.38. The molecule has 8 nitrogen and oxygen atoms in total. The summed E-state index contributed by atoms with van der Waals surface area (Å²) in [5, 5.41) is 6.07. The first-order valence-electron chi connectivity index (χ1n) is 13.3. The standard InChI is InChI=1S/C28H31F4N5O3/c29-20-6-3-18(4-7-20)16-40-25-15-37(21-2-1-10-39-11-9-21)14-24(25)36-26(38)13-33-27-22-12-19(28(30,31)32)5-8-23(22)34-17-35-27/h3-8,12,17,21,24-25H,1-2,9-11,13-16H2,(H,36,38)(H,33,34,35)/t21?,24?,25-/m0/s1. The summed E-state index contributed by atoms with van der Waals surface area (Å²) in [6, 6.07) is 9.31. The van der Waals surface area contributed by atoms with E-state index in [0.29, 0.717) is 31.3 Å². The summed E-state index contributed by atoms with van der Waals surface area (Å²) in [4.78, 5) is 23.4. The fourth-order valence-corrected chi connectivity index (χ4v) is 5.24. The van der Waals surface area contributed by atoms with E-state index in [1.165, 1.54) is 24.5 Å². The van der Waals surface area contributed by atoms with Crippen molar-refractivity contribution in [3.05, 3.63) is 65.7 Å². The van der Waals surface area contributed by atoms with E-state index in [2.05, 4.69) is 25.5 Å². The maximum absolute atomic E-state index is 13.3. The Morgan fingerprint density at radius 2 is 1.90 bits per heavy atom. The molecular weight excluding hydrogens is 530 g/mol. The van der Waals surface area contributed by atoms with Gasteiger partial charge in [0.05, 0.1) is 36.4 Å². The van der Waals surface area contributed by atoms with Crippen LogP contribution in [-0.4, -0.2) is 71.8 Å². The zero-order chi connectivity index (χ0) is 28.1. The number of likely N-dealkylation sites (tertiary alicyclic amines) is 1. The smallest absolute Gasteiger partial charge is 0.381 e. The molecule has 0 spiro atoms. The molecule has 214 valence electrons. The van der Waals surface area contributed by atoms with E-state index in [1.807, 2.05) is 0 Å². The minimum Gasteiger partial charge on any atom is -0.381 e. The van der Waals surface area contributed by atoms with Gasteiger partial charge in [-0.15, -0.1) is 0 Å². The average Bonchev–Trinajstić information content (AvgIpc) is 3.13. The predicted molar refractivity (Wildman–Crippen MR) is 140 cm³/mol. The Bertz CT molecular complexity index is 1300. The van der Waals surface area contributed by atoms with Crippen LogP contribution in [0.25, 0.3) is 10.9 Å². The lowest BCUT2D eigenvalue weighted by molar-refractivity contribution is -0.137. The first-order valence-corrected chi connectivity index (χ1v) is 13.3. The highest BCUT2D eigenvalue weighted by Crippen LogP contribution is 2.32. The van der Waals surface area contributed by atoms with Crippen LogP contribution < -0.4 is 10.6 Å². The quantitative estimate of drug-likeness (QED) is 0.400. The number of ether oxygens (including phenoxy) is 2. The number of carbonyl (C=O) groups excluding carboxylic acids is 1. The number of benzene rings is 2. The molecule has 2 unspecified atom stereocenters. The molecule has 1 amide bonds. The highest BCUT2D eigenvalue weighted by molar-refractivity contribution is 5.91. The molecule has 3 atom stereocenters. The van der Waals surface area contributed by atoms with E-state index in [0.717, 1.165) is 43.6 Å². The van der Waals surface area contributed by atoms with Gasteiger partial charge in [-0.2, -0.15) is 13.2 Å². The number of amides is 1. The Morgan fingerprint density at radius 1 is 1.07 bits per heavy atom. The van der Waals surface area contributed by atoms with Crippen LogP contribution in [0.5, 0.6) is 0 Å². The molecule has 1 aromatic heterocycles. The maximum atomic E-state index is 13.3. The summed E-state index contributed by atoms with van der Waals surface area (Å²) < 4.78 is 64.8. The molecule has 3 aromatic rings. The van der Waals surface area contributed by atoms with Crippen LogP contribution in [0.3, 0.4) is 0 Å². The second-order valence-electron chi connectivity index (χ2n) is 10.1. The normalized spacial score (nSPS) is 22.2. The molecular formula is C28H31F4N5O3. The fourth-order valence-electron chi connectivity index (χ4n) is 5.24. The van der Waals surface area contributed by atoms with Gasteiger partial charge in [0.25, 0.3) is 0 Å². The third-order valence-corrected chi connectivity index (χ3v) is 7.34. The van der Waals surface area contributed by atoms with Crippen molar-refractivity contribution >= 4 is 22.6 Å². The van der Waals surface area contributed by atoms with Crippen molar-refractivity contribution in [1.29, 1.82) is 0 Å². The van der Waals surface area contributed by atoms with E-state index >= 15 is 0 Å². The Labute approximate surface area is 229 Å². The molecule has 2 aliphatic rings.